The van der Waals surface area contributed by atoms with Crippen LogP contribution in [0.1, 0.15) is 33.1 Å². The molecule has 0 heterocycles. The van der Waals surface area contributed by atoms with E-state index in [-0.39, 0.29) is 24.0 Å². The van der Waals surface area contributed by atoms with Crippen LogP contribution in [0.2, 0.25) is 0 Å². The normalized spacial score (nSPS) is 23.0. The van der Waals surface area contributed by atoms with E-state index in [4.69, 9.17) is 9.84 Å². The summed E-state index contributed by atoms with van der Waals surface area (Å²) in [5.41, 5.74) is 0.127. The lowest BCUT2D eigenvalue weighted by Crippen LogP contribution is -2.43. The average Bonchev–Trinajstić information content (AvgIpc) is 2.45. The van der Waals surface area contributed by atoms with Crippen molar-refractivity contribution in [1.29, 1.82) is 0 Å². The van der Waals surface area contributed by atoms with Crippen molar-refractivity contribution in [2.24, 2.45) is 5.41 Å². The summed E-state index contributed by atoms with van der Waals surface area (Å²) in [4.78, 5) is 21.6. The largest absolute Gasteiger partial charge is 0.480 e. The second kappa shape index (κ2) is 5.30. The number of amides is 1. The van der Waals surface area contributed by atoms with Crippen molar-refractivity contribution < 1.29 is 19.4 Å². The summed E-state index contributed by atoms with van der Waals surface area (Å²) >= 11 is 0. The molecule has 1 atom stereocenters. The van der Waals surface area contributed by atoms with E-state index in [1.54, 1.807) is 0 Å². The Balaban J connectivity index is 2.26. The van der Waals surface area contributed by atoms with Crippen LogP contribution < -0.4 is 5.32 Å². The Morgan fingerprint density at radius 3 is 2.62 bits per heavy atom. The molecule has 0 aromatic carbocycles. The molecule has 2 N–H and O–H groups in total. The van der Waals surface area contributed by atoms with Gasteiger partial charge in [0.15, 0.2) is 0 Å². The van der Waals surface area contributed by atoms with Crippen LogP contribution >= 0.6 is 0 Å². The molecule has 5 nitrogen and oxygen atoms in total. The number of ether oxygens (including phenoxy) is 1. The molecule has 1 fully saturated rings. The van der Waals surface area contributed by atoms with Crippen molar-refractivity contribution >= 4 is 11.9 Å². The number of carbonyl (C=O) groups is 2. The third-order valence-electron chi connectivity index (χ3n) is 3.05. The van der Waals surface area contributed by atoms with Gasteiger partial charge < -0.3 is 15.2 Å². The molecule has 92 valence electrons. The number of carboxylic acid groups (broad SMARTS) is 1. The summed E-state index contributed by atoms with van der Waals surface area (Å²) in [6.45, 7) is 3.65. The minimum absolute atomic E-state index is 0.127. The number of hydrogen-bond donors (Lipinski definition) is 2. The molecule has 1 amide bonds. The van der Waals surface area contributed by atoms with Crippen molar-refractivity contribution in [3.05, 3.63) is 0 Å². The summed E-state index contributed by atoms with van der Waals surface area (Å²) in [5, 5.41) is 11.2. The van der Waals surface area contributed by atoms with E-state index in [0.717, 1.165) is 19.3 Å². The fraction of sp³-hybridized carbons (Fsp3) is 0.818. The topological polar surface area (TPSA) is 75.6 Å². The van der Waals surface area contributed by atoms with Gasteiger partial charge in [0.25, 0.3) is 0 Å². The quantitative estimate of drug-likeness (QED) is 0.730. The van der Waals surface area contributed by atoms with Crippen LogP contribution in [0.25, 0.3) is 0 Å². The molecule has 1 unspecified atom stereocenters. The van der Waals surface area contributed by atoms with E-state index >= 15 is 0 Å². The Morgan fingerprint density at radius 2 is 2.12 bits per heavy atom. The zero-order valence-electron chi connectivity index (χ0n) is 9.78. The lowest BCUT2D eigenvalue weighted by molar-refractivity contribution is -0.143. The molecular weight excluding hydrogens is 210 g/mol. The van der Waals surface area contributed by atoms with Gasteiger partial charge in [0.2, 0.25) is 5.91 Å². The van der Waals surface area contributed by atoms with Crippen molar-refractivity contribution in [3.63, 3.8) is 0 Å². The molecule has 0 aromatic rings. The molecule has 0 saturated heterocycles. The highest BCUT2D eigenvalue weighted by Gasteiger charge is 2.35. The molecular formula is C11H19NO4. The molecule has 5 heteroatoms. The first-order chi connectivity index (χ1) is 7.42. The summed E-state index contributed by atoms with van der Waals surface area (Å²) < 4.78 is 4.72. The van der Waals surface area contributed by atoms with Gasteiger partial charge in [-0.25, -0.2) is 4.79 Å². The molecule has 16 heavy (non-hydrogen) atoms. The number of rotatable bonds is 5. The Morgan fingerprint density at radius 1 is 1.44 bits per heavy atom. The Labute approximate surface area is 95.2 Å². The first-order valence-electron chi connectivity index (χ1n) is 5.51. The van der Waals surface area contributed by atoms with Gasteiger partial charge in [-0.3, -0.25) is 4.79 Å². The summed E-state index contributed by atoms with van der Waals surface area (Å²) in [6, 6.07) is 0.174. The van der Waals surface area contributed by atoms with Gasteiger partial charge in [0, 0.05) is 6.04 Å². The Bertz CT molecular complexity index is 275. The molecule has 1 aliphatic rings. The lowest BCUT2D eigenvalue weighted by Gasteiger charge is -2.27. The summed E-state index contributed by atoms with van der Waals surface area (Å²) in [5.74, 6) is -1.30. The van der Waals surface area contributed by atoms with E-state index in [0.29, 0.717) is 0 Å². The minimum Gasteiger partial charge on any atom is -0.480 e. The van der Waals surface area contributed by atoms with Crippen LogP contribution in [0.5, 0.6) is 0 Å². The summed E-state index contributed by atoms with van der Waals surface area (Å²) in [6.07, 6.45) is 3.21. The fourth-order valence-corrected chi connectivity index (χ4v) is 2.06. The predicted octanol–water partition coefficient (Wildman–Crippen LogP) is 0.782. The van der Waals surface area contributed by atoms with Crippen molar-refractivity contribution in [3.8, 4) is 0 Å². The second-order valence-electron chi connectivity index (χ2n) is 4.89. The first kappa shape index (κ1) is 13.0. The maximum Gasteiger partial charge on any atom is 0.329 e. The number of carboxylic acids is 1. The predicted molar refractivity (Wildman–Crippen MR) is 58.0 cm³/mol. The number of carbonyl (C=O) groups excluding carboxylic acids is 1. The van der Waals surface area contributed by atoms with Gasteiger partial charge in [-0.2, -0.15) is 0 Å². The van der Waals surface area contributed by atoms with Gasteiger partial charge in [0.05, 0.1) is 0 Å². The van der Waals surface area contributed by atoms with Gasteiger partial charge in [-0.1, -0.05) is 20.3 Å². The lowest BCUT2D eigenvalue weighted by atomic mass is 9.87. The van der Waals surface area contributed by atoms with Crippen molar-refractivity contribution in [2.45, 2.75) is 39.2 Å². The van der Waals surface area contributed by atoms with E-state index in [9.17, 15) is 9.59 Å². The molecule has 1 aliphatic carbocycles. The van der Waals surface area contributed by atoms with Crippen molar-refractivity contribution in [1.82, 2.24) is 5.32 Å². The van der Waals surface area contributed by atoms with Gasteiger partial charge in [-0.15, -0.1) is 0 Å². The Hall–Kier alpha value is -1.10. The van der Waals surface area contributed by atoms with E-state index < -0.39 is 12.6 Å². The second-order valence-corrected chi connectivity index (χ2v) is 4.89. The van der Waals surface area contributed by atoms with Crippen LogP contribution in [-0.4, -0.2) is 36.2 Å². The van der Waals surface area contributed by atoms with Crippen LogP contribution in [0.3, 0.4) is 0 Å². The fourth-order valence-electron chi connectivity index (χ4n) is 2.06. The van der Waals surface area contributed by atoms with Crippen LogP contribution in [-0.2, 0) is 14.3 Å². The minimum atomic E-state index is -1.06. The van der Waals surface area contributed by atoms with Crippen LogP contribution in [0.4, 0.5) is 0 Å². The smallest absolute Gasteiger partial charge is 0.329 e. The highest BCUT2D eigenvalue weighted by atomic mass is 16.5. The summed E-state index contributed by atoms with van der Waals surface area (Å²) in [7, 11) is 0. The van der Waals surface area contributed by atoms with Crippen LogP contribution in [0, 0.1) is 5.41 Å². The standard InChI is InChI=1S/C11H19NO4/c1-11(2)5-3-4-8(11)12-9(13)6-16-7-10(14)15/h8H,3-7H2,1-2H3,(H,12,13)(H,14,15). The average molecular weight is 229 g/mol. The number of aliphatic carboxylic acids is 1. The highest BCUT2D eigenvalue weighted by Crippen LogP contribution is 2.36. The molecule has 1 saturated carbocycles. The van der Waals surface area contributed by atoms with Crippen molar-refractivity contribution in [2.75, 3.05) is 13.2 Å². The SMILES string of the molecule is CC1(C)CCCC1NC(=O)COCC(=O)O. The molecule has 1 rings (SSSR count). The highest BCUT2D eigenvalue weighted by molar-refractivity contribution is 5.78. The maximum absolute atomic E-state index is 11.4. The third-order valence-corrected chi connectivity index (χ3v) is 3.05. The molecule has 0 bridgehead atoms. The zero-order chi connectivity index (χ0) is 12.2. The molecule has 0 aromatic heterocycles. The monoisotopic (exact) mass is 229 g/mol. The third kappa shape index (κ3) is 3.81. The number of hydrogen-bond acceptors (Lipinski definition) is 3. The van der Waals surface area contributed by atoms with Gasteiger partial charge >= 0.3 is 5.97 Å². The number of nitrogens with one attached hydrogen (secondary N) is 1. The molecule has 0 spiro atoms. The molecule has 0 radical (unpaired) electrons. The van der Waals surface area contributed by atoms with Gasteiger partial charge in [-0.05, 0) is 18.3 Å². The maximum atomic E-state index is 11.4. The van der Waals surface area contributed by atoms with E-state index in [1.165, 1.54) is 0 Å². The van der Waals surface area contributed by atoms with Gasteiger partial charge in [0.1, 0.15) is 13.2 Å². The van der Waals surface area contributed by atoms with E-state index in [2.05, 4.69) is 19.2 Å². The first-order valence-corrected chi connectivity index (χ1v) is 5.51. The Kier molecular flexibility index (Phi) is 4.29. The van der Waals surface area contributed by atoms with Crippen LogP contribution in [0.15, 0.2) is 0 Å². The molecule has 0 aliphatic heterocycles. The zero-order valence-corrected chi connectivity index (χ0v) is 9.78. The van der Waals surface area contributed by atoms with E-state index in [1.807, 2.05) is 0 Å².